The van der Waals surface area contributed by atoms with Gasteiger partial charge in [-0.15, -0.1) is 0 Å². The summed E-state index contributed by atoms with van der Waals surface area (Å²) in [6.07, 6.45) is 1.95. The summed E-state index contributed by atoms with van der Waals surface area (Å²) in [6.45, 7) is 11.6. The number of aromatic nitrogens is 4. The van der Waals surface area contributed by atoms with Gasteiger partial charge < -0.3 is 9.26 Å². The Morgan fingerprint density at radius 3 is 2.66 bits per heavy atom. The van der Waals surface area contributed by atoms with Crippen molar-refractivity contribution in [2.75, 3.05) is 5.32 Å². The highest BCUT2D eigenvalue weighted by molar-refractivity contribution is 8.88. The molecular formula is C20H30N5O4PS2. The lowest BCUT2D eigenvalue weighted by Crippen LogP contribution is -2.26. The maximum Gasteiger partial charge on any atom is 0.280 e. The number of fused-ring (bicyclic) bond motifs is 1. The number of H-pyrrole nitrogens is 1. The van der Waals surface area contributed by atoms with E-state index in [1.807, 2.05) is 22.8 Å². The molecule has 4 rings (SSSR count). The Balaban J connectivity index is 1.61. The average molecular weight is 500 g/mol. The van der Waals surface area contributed by atoms with Crippen LogP contribution in [0.5, 0.6) is 0 Å². The van der Waals surface area contributed by atoms with Crippen LogP contribution in [0.2, 0.25) is 0 Å². The van der Waals surface area contributed by atoms with Crippen LogP contribution < -0.4 is 10.9 Å². The van der Waals surface area contributed by atoms with Gasteiger partial charge in [0.15, 0.2) is 17.7 Å². The molecule has 3 unspecified atom stereocenters. The summed E-state index contributed by atoms with van der Waals surface area (Å²) in [4.78, 5) is 36.0. The zero-order chi connectivity index (χ0) is 23.2. The SMILES string of the molecule is CC[C@H]1O[C@@H](n2cnc3c(=O)[nH]c(NC(=O)C(C)C)nc32)[C@@H](C)C1OP1SC(C)C(C)S1. The van der Waals surface area contributed by atoms with Crippen LogP contribution >= 0.6 is 29.3 Å². The summed E-state index contributed by atoms with van der Waals surface area (Å²) in [5, 5.41) is 3.82. The van der Waals surface area contributed by atoms with Crippen molar-refractivity contribution in [3.05, 3.63) is 16.7 Å². The van der Waals surface area contributed by atoms with E-state index in [-0.39, 0.29) is 47.6 Å². The maximum atomic E-state index is 12.5. The summed E-state index contributed by atoms with van der Waals surface area (Å²) >= 11 is 3.84. The van der Waals surface area contributed by atoms with Gasteiger partial charge in [0.05, 0.1) is 18.5 Å². The highest BCUT2D eigenvalue weighted by Gasteiger charge is 2.46. The summed E-state index contributed by atoms with van der Waals surface area (Å²) < 4.78 is 14.8. The molecule has 0 radical (unpaired) electrons. The van der Waals surface area contributed by atoms with Crippen molar-refractivity contribution in [1.82, 2.24) is 19.5 Å². The van der Waals surface area contributed by atoms with E-state index in [0.717, 1.165) is 6.42 Å². The number of ether oxygens (including phenoxy) is 1. The highest BCUT2D eigenvalue weighted by Crippen LogP contribution is 2.73. The van der Waals surface area contributed by atoms with E-state index in [4.69, 9.17) is 9.26 Å². The van der Waals surface area contributed by atoms with Crippen molar-refractivity contribution in [2.24, 2.45) is 11.8 Å². The number of anilines is 1. The van der Waals surface area contributed by atoms with Gasteiger partial charge in [-0.2, -0.15) is 4.98 Å². The number of imidazole rings is 1. The molecular weight excluding hydrogens is 469 g/mol. The molecule has 176 valence electrons. The molecule has 4 heterocycles. The van der Waals surface area contributed by atoms with Crippen LogP contribution in [0.15, 0.2) is 11.1 Å². The van der Waals surface area contributed by atoms with Crippen LogP contribution in [0, 0.1) is 11.8 Å². The second-order valence-corrected chi connectivity index (χ2v) is 15.1. The van der Waals surface area contributed by atoms with Crippen molar-refractivity contribution >= 4 is 52.3 Å². The first-order chi connectivity index (χ1) is 15.2. The Morgan fingerprint density at radius 2 is 2.03 bits per heavy atom. The number of rotatable bonds is 6. The third-order valence-corrected chi connectivity index (χ3v) is 13.4. The van der Waals surface area contributed by atoms with Crippen molar-refractivity contribution in [3.63, 3.8) is 0 Å². The molecule has 2 fully saturated rings. The number of hydrogen-bond donors (Lipinski definition) is 2. The lowest BCUT2D eigenvalue weighted by Gasteiger charge is -2.23. The number of hydrogen-bond acceptors (Lipinski definition) is 8. The van der Waals surface area contributed by atoms with Crippen molar-refractivity contribution < 1.29 is 14.1 Å². The fourth-order valence-electron chi connectivity index (χ4n) is 3.74. The van der Waals surface area contributed by atoms with Gasteiger partial charge in [-0.1, -0.05) is 64.3 Å². The number of nitrogens with one attached hydrogen (secondary N) is 2. The van der Waals surface area contributed by atoms with Gasteiger partial charge in [0.25, 0.3) is 5.56 Å². The van der Waals surface area contributed by atoms with Crippen LogP contribution in [0.4, 0.5) is 5.95 Å². The monoisotopic (exact) mass is 499 g/mol. The molecule has 1 amide bonds. The molecule has 0 aliphatic carbocycles. The standard InChI is InChI=1S/C20H30N5O4PS2/c1-7-13-15(29-30-31-11(5)12(6)32-30)10(4)19(28-13)25-8-21-14-16(25)22-20(24-18(14)27)23-17(26)9(2)3/h8-13,15,19H,7H2,1-6H3,(H2,22,23,24,26,27)/t10-,11?,12?,13+,15?,19+,30?/m0/s1. The fourth-order valence-corrected chi connectivity index (χ4v) is 12.8. The molecule has 0 aromatic carbocycles. The first-order valence-corrected chi connectivity index (χ1v) is 15.2. The second-order valence-electron chi connectivity index (χ2n) is 8.63. The quantitative estimate of drug-likeness (QED) is 0.558. The van der Waals surface area contributed by atoms with Crippen LogP contribution in [-0.4, -0.2) is 48.1 Å². The van der Waals surface area contributed by atoms with Gasteiger partial charge in [-0.05, 0) is 6.42 Å². The minimum Gasteiger partial charge on any atom is -0.352 e. The first kappa shape index (κ1) is 24.0. The summed E-state index contributed by atoms with van der Waals surface area (Å²) in [5.74, 6) is -0.303. The molecule has 9 nitrogen and oxygen atoms in total. The normalized spacial score (nSPS) is 32.8. The average Bonchev–Trinajstić information content (AvgIpc) is 3.38. The van der Waals surface area contributed by atoms with Crippen molar-refractivity contribution in [2.45, 2.75) is 76.9 Å². The van der Waals surface area contributed by atoms with Crippen molar-refractivity contribution in [1.29, 1.82) is 0 Å². The van der Waals surface area contributed by atoms with Crippen LogP contribution in [0.25, 0.3) is 11.2 Å². The molecule has 0 spiro atoms. The number of carbonyl (C=O) groups excluding carboxylic acids is 1. The van der Waals surface area contributed by atoms with E-state index in [9.17, 15) is 9.59 Å². The molecule has 12 heteroatoms. The highest BCUT2D eigenvalue weighted by atomic mass is 33.1. The second kappa shape index (κ2) is 9.62. The predicted molar refractivity (Wildman–Crippen MR) is 131 cm³/mol. The minimum absolute atomic E-state index is 0.0436. The Hall–Kier alpha value is -1.13. The molecule has 0 bridgehead atoms. The van der Waals surface area contributed by atoms with Gasteiger partial charge in [0.1, 0.15) is 6.23 Å². The molecule has 32 heavy (non-hydrogen) atoms. The van der Waals surface area contributed by atoms with Gasteiger partial charge in [-0.25, -0.2) is 4.98 Å². The zero-order valence-electron chi connectivity index (χ0n) is 19.1. The van der Waals surface area contributed by atoms with Gasteiger partial charge in [-0.3, -0.25) is 24.5 Å². The zero-order valence-corrected chi connectivity index (χ0v) is 21.6. The lowest BCUT2D eigenvalue weighted by atomic mass is 10.0. The number of carbonyl (C=O) groups is 1. The predicted octanol–water partition coefficient (Wildman–Crippen LogP) is 4.53. The minimum atomic E-state index is -0.621. The van der Waals surface area contributed by atoms with E-state index in [0.29, 0.717) is 16.1 Å². The van der Waals surface area contributed by atoms with Crippen molar-refractivity contribution in [3.8, 4) is 0 Å². The van der Waals surface area contributed by atoms with E-state index < -0.39 is 12.1 Å². The summed E-state index contributed by atoms with van der Waals surface area (Å²) in [6, 6.07) is 0. The van der Waals surface area contributed by atoms with Gasteiger partial charge in [0, 0.05) is 22.3 Å². The topological polar surface area (TPSA) is 111 Å². The number of amides is 1. The van der Waals surface area contributed by atoms with E-state index in [1.54, 1.807) is 24.7 Å². The van der Waals surface area contributed by atoms with E-state index in [2.05, 4.69) is 48.0 Å². The molecule has 2 N–H and O–H groups in total. The third kappa shape index (κ3) is 4.59. The molecule has 2 aliphatic rings. The fraction of sp³-hybridized carbons (Fsp3) is 0.700. The smallest absolute Gasteiger partial charge is 0.280 e. The lowest BCUT2D eigenvalue weighted by molar-refractivity contribution is -0.118. The molecule has 6 atom stereocenters. The Labute approximate surface area is 196 Å². The largest absolute Gasteiger partial charge is 0.352 e. The van der Waals surface area contributed by atoms with Crippen LogP contribution in [0.3, 0.4) is 0 Å². The van der Waals surface area contributed by atoms with Crippen LogP contribution in [0.1, 0.15) is 54.2 Å². The molecule has 0 saturated carbocycles. The molecule has 2 aliphatic heterocycles. The molecule has 2 saturated heterocycles. The first-order valence-electron chi connectivity index (χ1n) is 10.9. The van der Waals surface area contributed by atoms with Gasteiger partial charge in [0.2, 0.25) is 11.9 Å². The van der Waals surface area contributed by atoms with E-state index >= 15 is 0 Å². The van der Waals surface area contributed by atoms with E-state index in [1.165, 1.54) is 0 Å². The number of aromatic amines is 1. The summed E-state index contributed by atoms with van der Waals surface area (Å²) in [5.41, 5.74) is 0.205. The van der Waals surface area contributed by atoms with Gasteiger partial charge >= 0.3 is 0 Å². The number of nitrogens with zero attached hydrogens (tertiary/aromatic N) is 3. The molecule has 2 aromatic rings. The Morgan fingerprint density at radius 1 is 1.34 bits per heavy atom. The summed E-state index contributed by atoms with van der Waals surface area (Å²) in [7, 11) is 0. The Kier molecular flexibility index (Phi) is 7.22. The third-order valence-electron chi connectivity index (χ3n) is 5.90. The molecule has 2 aromatic heterocycles. The Bertz CT molecular complexity index is 1040. The van der Waals surface area contributed by atoms with Crippen LogP contribution in [-0.2, 0) is 14.1 Å². The maximum absolute atomic E-state index is 12.5.